The highest BCUT2D eigenvalue weighted by atomic mass is 19.1. The molecule has 2 aliphatic heterocycles. The Bertz CT molecular complexity index is 174. The second-order valence-corrected chi connectivity index (χ2v) is 4.65. The van der Waals surface area contributed by atoms with E-state index in [-0.39, 0.29) is 12.2 Å². The predicted molar refractivity (Wildman–Crippen MR) is 56.7 cm³/mol. The zero-order chi connectivity index (χ0) is 10.5. The highest BCUT2D eigenvalue weighted by Gasteiger charge is 2.28. The molecule has 0 aromatic heterocycles. The van der Waals surface area contributed by atoms with Gasteiger partial charge in [-0.1, -0.05) is 0 Å². The number of alkyl halides is 1. The van der Waals surface area contributed by atoms with Gasteiger partial charge in [0.15, 0.2) is 0 Å². The molecule has 0 aromatic rings. The molecule has 2 aliphatic rings. The van der Waals surface area contributed by atoms with Crippen molar-refractivity contribution in [2.24, 2.45) is 0 Å². The fourth-order valence-corrected chi connectivity index (χ4v) is 2.45. The SMILES string of the molecule is FC(C[C@@H]1CCCCO1)[C@@H]1CCCCO1. The maximum absolute atomic E-state index is 13.9. The number of halogens is 1. The summed E-state index contributed by atoms with van der Waals surface area (Å²) >= 11 is 0. The van der Waals surface area contributed by atoms with Gasteiger partial charge in [-0.25, -0.2) is 4.39 Å². The highest BCUT2D eigenvalue weighted by molar-refractivity contribution is 4.77. The van der Waals surface area contributed by atoms with Gasteiger partial charge >= 0.3 is 0 Å². The molecule has 0 radical (unpaired) electrons. The minimum absolute atomic E-state index is 0.138. The quantitative estimate of drug-likeness (QED) is 0.722. The molecule has 0 spiro atoms. The Morgan fingerprint density at radius 1 is 1.00 bits per heavy atom. The Morgan fingerprint density at radius 2 is 1.73 bits per heavy atom. The van der Waals surface area contributed by atoms with Crippen molar-refractivity contribution in [3.05, 3.63) is 0 Å². The van der Waals surface area contributed by atoms with Gasteiger partial charge in [-0.15, -0.1) is 0 Å². The molecule has 1 unspecified atom stereocenters. The van der Waals surface area contributed by atoms with E-state index in [1.807, 2.05) is 0 Å². The van der Waals surface area contributed by atoms with Crippen LogP contribution in [0.25, 0.3) is 0 Å². The van der Waals surface area contributed by atoms with Crippen LogP contribution in [-0.2, 0) is 9.47 Å². The molecule has 2 nitrogen and oxygen atoms in total. The van der Waals surface area contributed by atoms with Gasteiger partial charge in [-0.3, -0.25) is 0 Å². The maximum Gasteiger partial charge on any atom is 0.129 e. The monoisotopic (exact) mass is 216 g/mol. The Kier molecular flexibility index (Phi) is 4.39. The van der Waals surface area contributed by atoms with Gasteiger partial charge in [-0.05, 0) is 38.5 Å². The summed E-state index contributed by atoms with van der Waals surface area (Å²) in [4.78, 5) is 0. The lowest BCUT2D eigenvalue weighted by Gasteiger charge is -2.29. The first-order valence-corrected chi connectivity index (χ1v) is 6.23. The van der Waals surface area contributed by atoms with Gasteiger partial charge < -0.3 is 9.47 Å². The second kappa shape index (κ2) is 5.80. The number of rotatable bonds is 3. The topological polar surface area (TPSA) is 18.5 Å². The summed E-state index contributed by atoms with van der Waals surface area (Å²) in [6, 6.07) is 0. The Balaban J connectivity index is 1.72. The highest BCUT2D eigenvalue weighted by Crippen LogP contribution is 2.24. The van der Waals surface area contributed by atoms with Crippen molar-refractivity contribution in [3.8, 4) is 0 Å². The third kappa shape index (κ3) is 3.42. The third-order valence-electron chi connectivity index (χ3n) is 3.38. The van der Waals surface area contributed by atoms with Gasteiger partial charge in [0.1, 0.15) is 6.17 Å². The van der Waals surface area contributed by atoms with Gasteiger partial charge in [0.25, 0.3) is 0 Å². The molecule has 0 aliphatic carbocycles. The molecular weight excluding hydrogens is 195 g/mol. The summed E-state index contributed by atoms with van der Waals surface area (Å²) < 4.78 is 24.9. The van der Waals surface area contributed by atoms with E-state index in [1.165, 1.54) is 6.42 Å². The van der Waals surface area contributed by atoms with Crippen molar-refractivity contribution in [2.75, 3.05) is 13.2 Å². The fraction of sp³-hybridized carbons (Fsp3) is 1.00. The first-order chi connectivity index (χ1) is 7.36. The van der Waals surface area contributed by atoms with Crippen LogP contribution in [0.15, 0.2) is 0 Å². The van der Waals surface area contributed by atoms with Crippen molar-refractivity contribution >= 4 is 0 Å². The van der Waals surface area contributed by atoms with E-state index in [2.05, 4.69) is 0 Å². The van der Waals surface area contributed by atoms with Gasteiger partial charge in [-0.2, -0.15) is 0 Å². The van der Waals surface area contributed by atoms with Crippen molar-refractivity contribution < 1.29 is 13.9 Å². The van der Waals surface area contributed by atoms with Crippen LogP contribution in [0.5, 0.6) is 0 Å². The van der Waals surface area contributed by atoms with E-state index < -0.39 is 6.17 Å². The molecule has 2 heterocycles. The lowest BCUT2D eigenvalue weighted by Crippen LogP contribution is -2.33. The van der Waals surface area contributed by atoms with E-state index in [0.29, 0.717) is 6.42 Å². The van der Waals surface area contributed by atoms with E-state index in [1.54, 1.807) is 0 Å². The maximum atomic E-state index is 13.9. The molecule has 88 valence electrons. The van der Waals surface area contributed by atoms with Gasteiger partial charge in [0.2, 0.25) is 0 Å². The van der Waals surface area contributed by atoms with Gasteiger partial charge in [0, 0.05) is 19.6 Å². The number of hydrogen-bond donors (Lipinski definition) is 0. The molecule has 0 amide bonds. The second-order valence-electron chi connectivity index (χ2n) is 4.65. The molecule has 0 N–H and O–H groups in total. The fourth-order valence-electron chi connectivity index (χ4n) is 2.45. The minimum Gasteiger partial charge on any atom is -0.378 e. The normalized spacial score (nSPS) is 35.0. The van der Waals surface area contributed by atoms with Crippen LogP contribution < -0.4 is 0 Å². The predicted octanol–water partition coefficient (Wildman–Crippen LogP) is 2.85. The van der Waals surface area contributed by atoms with Crippen LogP contribution in [0.3, 0.4) is 0 Å². The summed E-state index contributed by atoms with van der Waals surface area (Å²) in [5, 5.41) is 0. The molecular formula is C12H21FO2. The molecule has 2 saturated heterocycles. The molecule has 0 bridgehead atoms. The first-order valence-electron chi connectivity index (χ1n) is 6.23. The molecule has 3 heteroatoms. The molecule has 15 heavy (non-hydrogen) atoms. The summed E-state index contributed by atoms with van der Waals surface area (Å²) in [5.41, 5.74) is 0. The zero-order valence-corrected chi connectivity index (χ0v) is 9.29. The van der Waals surface area contributed by atoms with Crippen molar-refractivity contribution in [3.63, 3.8) is 0 Å². The summed E-state index contributed by atoms with van der Waals surface area (Å²) in [7, 11) is 0. The van der Waals surface area contributed by atoms with E-state index in [9.17, 15) is 4.39 Å². The van der Waals surface area contributed by atoms with Crippen LogP contribution in [-0.4, -0.2) is 31.6 Å². The number of ether oxygens (including phenoxy) is 2. The smallest absolute Gasteiger partial charge is 0.129 e. The lowest BCUT2D eigenvalue weighted by atomic mass is 9.97. The molecule has 3 atom stereocenters. The van der Waals surface area contributed by atoms with Crippen molar-refractivity contribution in [1.82, 2.24) is 0 Å². The average Bonchev–Trinajstić information content (AvgIpc) is 2.31. The summed E-state index contributed by atoms with van der Waals surface area (Å²) in [6.45, 7) is 1.54. The first kappa shape index (κ1) is 11.3. The van der Waals surface area contributed by atoms with Gasteiger partial charge in [0.05, 0.1) is 12.2 Å². The van der Waals surface area contributed by atoms with E-state index in [4.69, 9.17) is 9.47 Å². The van der Waals surface area contributed by atoms with E-state index in [0.717, 1.165) is 45.3 Å². The standard InChI is InChI=1S/C12H21FO2/c13-11(12-6-2-4-8-15-12)9-10-5-1-3-7-14-10/h10-12H,1-9H2/t10-,11?,12-/m0/s1. The van der Waals surface area contributed by atoms with Crippen LogP contribution in [0, 0.1) is 0 Å². The zero-order valence-electron chi connectivity index (χ0n) is 9.29. The van der Waals surface area contributed by atoms with E-state index >= 15 is 0 Å². The van der Waals surface area contributed by atoms with Crippen molar-refractivity contribution in [2.45, 2.75) is 63.3 Å². The Hall–Kier alpha value is -0.150. The number of hydrogen-bond acceptors (Lipinski definition) is 2. The minimum atomic E-state index is -0.826. The molecule has 2 rings (SSSR count). The summed E-state index contributed by atoms with van der Waals surface area (Å²) in [5.74, 6) is 0. The third-order valence-corrected chi connectivity index (χ3v) is 3.38. The van der Waals surface area contributed by atoms with Crippen molar-refractivity contribution in [1.29, 1.82) is 0 Å². The molecule has 2 fully saturated rings. The van der Waals surface area contributed by atoms with Crippen LogP contribution in [0.1, 0.15) is 44.9 Å². The average molecular weight is 216 g/mol. The van der Waals surface area contributed by atoms with Crippen LogP contribution in [0.2, 0.25) is 0 Å². The summed E-state index contributed by atoms with van der Waals surface area (Å²) in [6.07, 6.45) is 6.10. The van der Waals surface area contributed by atoms with Crippen LogP contribution >= 0.6 is 0 Å². The Morgan fingerprint density at radius 3 is 2.33 bits per heavy atom. The molecule has 0 aromatic carbocycles. The lowest BCUT2D eigenvalue weighted by molar-refractivity contribution is -0.0626. The largest absolute Gasteiger partial charge is 0.378 e. The Labute approximate surface area is 91.1 Å². The molecule has 0 saturated carbocycles. The van der Waals surface area contributed by atoms with Crippen LogP contribution in [0.4, 0.5) is 4.39 Å².